The monoisotopic (exact) mass is 315 g/mol. The maximum atomic E-state index is 5.81. The lowest BCUT2D eigenvalue weighted by Crippen LogP contribution is -2.02. The standard InChI is InChI=1S/C19H17N5/c1-2-5-16-18-17(24-19(20)23-16)9-8-15(22-18)13-10-12-6-3-4-7-14(12)21-11-13/h3-4,6-11H,2,5H2,1H3,(H2,20,23,24). The number of anilines is 1. The Labute approximate surface area is 139 Å². The van der Waals surface area contributed by atoms with Crippen LogP contribution < -0.4 is 5.73 Å². The predicted octanol–water partition coefficient (Wildman–Crippen LogP) is 3.77. The number of fused-ring (bicyclic) bond motifs is 2. The SMILES string of the molecule is CCCc1nc(N)nc2ccc(-c3cnc4ccccc4c3)nc12. The van der Waals surface area contributed by atoms with Gasteiger partial charge in [0.15, 0.2) is 0 Å². The lowest BCUT2D eigenvalue weighted by Gasteiger charge is -2.08. The van der Waals surface area contributed by atoms with Crippen LogP contribution in [-0.2, 0) is 6.42 Å². The van der Waals surface area contributed by atoms with Crippen LogP contribution in [0, 0.1) is 0 Å². The fourth-order valence-electron chi connectivity index (χ4n) is 2.88. The van der Waals surface area contributed by atoms with E-state index in [4.69, 9.17) is 10.7 Å². The van der Waals surface area contributed by atoms with Crippen LogP contribution in [0.3, 0.4) is 0 Å². The lowest BCUT2D eigenvalue weighted by atomic mass is 10.1. The molecule has 0 aliphatic carbocycles. The molecule has 0 saturated heterocycles. The normalized spacial score (nSPS) is 11.2. The second kappa shape index (κ2) is 5.85. The average Bonchev–Trinajstić information content (AvgIpc) is 2.61. The summed E-state index contributed by atoms with van der Waals surface area (Å²) in [6, 6.07) is 14.1. The van der Waals surface area contributed by atoms with Crippen LogP contribution in [0.2, 0.25) is 0 Å². The highest BCUT2D eigenvalue weighted by molar-refractivity contribution is 5.85. The van der Waals surface area contributed by atoms with Crippen LogP contribution in [0.1, 0.15) is 19.0 Å². The fraction of sp³-hybridized carbons (Fsp3) is 0.158. The van der Waals surface area contributed by atoms with E-state index < -0.39 is 0 Å². The Kier molecular flexibility index (Phi) is 3.54. The molecule has 24 heavy (non-hydrogen) atoms. The summed E-state index contributed by atoms with van der Waals surface area (Å²) in [5.74, 6) is 0.299. The number of nitrogens with two attached hydrogens (primary N) is 1. The molecule has 4 rings (SSSR count). The molecule has 3 aromatic heterocycles. The summed E-state index contributed by atoms with van der Waals surface area (Å²) in [7, 11) is 0. The first-order chi connectivity index (χ1) is 11.7. The fourth-order valence-corrected chi connectivity index (χ4v) is 2.88. The van der Waals surface area contributed by atoms with Gasteiger partial charge in [0.1, 0.15) is 5.52 Å². The number of aromatic nitrogens is 4. The number of nitrogens with zero attached hydrogens (tertiary/aromatic N) is 4. The van der Waals surface area contributed by atoms with Crippen LogP contribution >= 0.6 is 0 Å². The zero-order valence-electron chi connectivity index (χ0n) is 13.4. The van der Waals surface area contributed by atoms with E-state index in [1.165, 1.54) is 0 Å². The predicted molar refractivity (Wildman–Crippen MR) is 96.5 cm³/mol. The molecule has 0 bridgehead atoms. The molecule has 1 aromatic carbocycles. The minimum Gasteiger partial charge on any atom is -0.368 e. The number of nitrogen functional groups attached to an aromatic ring is 1. The van der Waals surface area contributed by atoms with E-state index in [2.05, 4.69) is 34.0 Å². The van der Waals surface area contributed by atoms with Gasteiger partial charge in [0.05, 0.1) is 22.4 Å². The Balaban J connectivity index is 1.89. The quantitative estimate of drug-likeness (QED) is 0.622. The highest BCUT2D eigenvalue weighted by Gasteiger charge is 2.10. The van der Waals surface area contributed by atoms with Crippen molar-refractivity contribution in [2.45, 2.75) is 19.8 Å². The molecule has 3 heterocycles. The van der Waals surface area contributed by atoms with Crippen LogP contribution in [-0.4, -0.2) is 19.9 Å². The molecule has 4 aromatic rings. The van der Waals surface area contributed by atoms with Gasteiger partial charge in [0, 0.05) is 17.1 Å². The molecule has 2 N–H and O–H groups in total. The molecular weight excluding hydrogens is 298 g/mol. The molecule has 5 nitrogen and oxygen atoms in total. The topological polar surface area (TPSA) is 77.6 Å². The number of hydrogen-bond donors (Lipinski definition) is 1. The molecule has 0 saturated carbocycles. The van der Waals surface area contributed by atoms with E-state index in [9.17, 15) is 0 Å². The Bertz CT molecular complexity index is 1040. The van der Waals surface area contributed by atoms with Gasteiger partial charge in [-0.25, -0.2) is 15.0 Å². The smallest absolute Gasteiger partial charge is 0.220 e. The molecule has 5 heteroatoms. The number of pyridine rings is 2. The first-order valence-electron chi connectivity index (χ1n) is 8.03. The maximum absolute atomic E-state index is 5.81. The van der Waals surface area contributed by atoms with Crippen LogP contribution in [0.4, 0.5) is 5.95 Å². The largest absolute Gasteiger partial charge is 0.368 e. The van der Waals surface area contributed by atoms with Gasteiger partial charge in [-0.15, -0.1) is 0 Å². The highest BCUT2D eigenvalue weighted by Crippen LogP contribution is 2.24. The lowest BCUT2D eigenvalue weighted by molar-refractivity contribution is 0.885. The third kappa shape index (κ3) is 2.54. The van der Waals surface area contributed by atoms with Gasteiger partial charge in [-0.2, -0.15) is 0 Å². The van der Waals surface area contributed by atoms with Crippen LogP contribution in [0.15, 0.2) is 48.7 Å². The molecule has 0 unspecified atom stereocenters. The van der Waals surface area contributed by atoms with Gasteiger partial charge in [-0.05, 0) is 30.7 Å². The van der Waals surface area contributed by atoms with Crippen molar-refractivity contribution in [2.75, 3.05) is 5.73 Å². The first-order valence-corrected chi connectivity index (χ1v) is 8.03. The summed E-state index contributed by atoms with van der Waals surface area (Å²) in [4.78, 5) is 18.0. The maximum Gasteiger partial charge on any atom is 0.220 e. The number of aryl methyl sites for hydroxylation is 1. The Morgan fingerprint density at radius 3 is 2.71 bits per heavy atom. The van der Waals surface area contributed by atoms with Crippen molar-refractivity contribution in [3.05, 3.63) is 54.4 Å². The molecule has 0 aliphatic rings. The summed E-state index contributed by atoms with van der Waals surface area (Å²) in [5.41, 5.74) is 11.1. The molecule has 118 valence electrons. The molecule has 0 amide bonds. The van der Waals surface area contributed by atoms with E-state index in [0.29, 0.717) is 5.95 Å². The zero-order chi connectivity index (χ0) is 16.5. The molecule has 0 aliphatic heterocycles. The van der Waals surface area contributed by atoms with Crippen molar-refractivity contribution in [1.29, 1.82) is 0 Å². The zero-order valence-corrected chi connectivity index (χ0v) is 13.4. The van der Waals surface area contributed by atoms with Crippen molar-refractivity contribution in [3.8, 4) is 11.3 Å². The number of hydrogen-bond acceptors (Lipinski definition) is 5. The number of para-hydroxylation sites is 1. The summed E-state index contributed by atoms with van der Waals surface area (Å²) in [5, 5.41) is 1.10. The number of rotatable bonds is 3. The third-order valence-electron chi connectivity index (χ3n) is 4.00. The van der Waals surface area contributed by atoms with Gasteiger partial charge in [-0.1, -0.05) is 31.5 Å². The van der Waals surface area contributed by atoms with Gasteiger partial charge < -0.3 is 5.73 Å². The van der Waals surface area contributed by atoms with E-state index in [1.54, 1.807) is 0 Å². The van der Waals surface area contributed by atoms with Crippen LogP contribution in [0.5, 0.6) is 0 Å². The molecular formula is C19H17N5. The van der Waals surface area contributed by atoms with Gasteiger partial charge in [0.25, 0.3) is 0 Å². The Morgan fingerprint density at radius 2 is 1.83 bits per heavy atom. The summed E-state index contributed by atoms with van der Waals surface area (Å²) in [6.07, 6.45) is 3.67. The van der Waals surface area contributed by atoms with Crippen LogP contribution in [0.25, 0.3) is 33.2 Å². The molecule has 0 atom stereocenters. The molecule has 0 spiro atoms. The van der Waals surface area contributed by atoms with Crippen molar-refractivity contribution in [2.24, 2.45) is 0 Å². The van der Waals surface area contributed by atoms with Crippen molar-refractivity contribution < 1.29 is 0 Å². The number of benzene rings is 1. The Morgan fingerprint density at radius 1 is 0.958 bits per heavy atom. The van der Waals surface area contributed by atoms with Crippen molar-refractivity contribution in [3.63, 3.8) is 0 Å². The molecule has 0 fully saturated rings. The second-order valence-electron chi connectivity index (χ2n) is 5.76. The van der Waals surface area contributed by atoms with Gasteiger partial charge in [0.2, 0.25) is 5.95 Å². The summed E-state index contributed by atoms with van der Waals surface area (Å²) < 4.78 is 0. The van der Waals surface area contributed by atoms with E-state index >= 15 is 0 Å². The highest BCUT2D eigenvalue weighted by atomic mass is 15.0. The minimum atomic E-state index is 0.299. The third-order valence-corrected chi connectivity index (χ3v) is 4.00. The Hall–Kier alpha value is -3.08. The average molecular weight is 315 g/mol. The minimum absolute atomic E-state index is 0.299. The van der Waals surface area contributed by atoms with E-state index in [-0.39, 0.29) is 0 Å². The molecule has 0 radical (unpaired) electrons. The van der Waals surface area contributed by atoms with Crippen molar-refractivity contribution >= 4 is 27.9 Å². The van der Waals surface area contributed by atoms with Gasteiger partial charge in [-0.3, -0.25) is 4.98 Å². The summed E-state index contributed by atoms with van der Waals surface area (Å²) in [6.45, 7) is 2.11. The van der Waals surface area contributed by atoms with E-state index in [0.717, 1.165) is 51.7 Å². The van der Waals surface area contributed by atoms with Crippen molar-refractivity contribution in [1.82, 2.24) is 19.9 Å². The van der Waals surface area contributed by atoms with Gasteiger partial charge >= 0.3 is 0 Å². The van der Waals surface area contributed by atoms with E-state index in [1.807, 2.05) is 36.5 Å². The second-order valence-corrected chi connectivity index (χ2v) is 5.76. The first kappa shape index (κ1) is 14.5. The summed E-state index contributed by atoms with van der Waals surface area (Å²) >= 11 is 0.